The predicted octanol–water partition coefficient (Wildman–Crippen LogP) is 3.11. The number of piperazine rings is 1. The van der Waals surface area contributed by atoms with Crippen LogP contribution in [0.5, 0.6) is 0 Å². The van der Waals surface area contributed by atoms with Gasteiger partial charge in [0.05, 0.1) is 12.7 Å². The van der Waals surface area contributed by atoms with E-state index in [9.17, 15) is 4.39 Å². The largest absolute Gasteiger partial charge is 0.445 e. The average molecular weight is 346 g/mol. The number of hydrogen-bond donors (Lipinski definition) is 1. The Morgan fingerprint density at radius 1 is 1.28 bits per heavy atom. The molecule has 1 aromatic heterocycles. The van der Waals surface area contributed by atoms with Crippen LogP contribution in [-0.2, 0) is 6.54 Å². The van der Waals surface area contributed by atoms with E-state index >= 15 is 0 Å². The highest BCUT2D eigenvalue weighted by atomic mass is 19.1. The molecule has 1 aromatic carbocycles. The third-order valence-corrected chi connectivity index (χ3v) is 4.84. The lowest BCUT2D eigenvalue weighted by atomic mass is 10.0. The van der Waals surface area contributed by atoms with Crippen LogP contribution < -0.4 is 10.2 Å². The summed E-state index contributed by atoms with van der Waals surface area (Å²) in [5.41, 5.74) is 2.09. The van der Waals surface area contributed by atoms with Crippen molar-refractivity contribution in [2.75, 3.05) is 37.6 Å². The van der Waals surface area contributed by atoms with Crippen LogP contribution in [0, 0.1) is 12.7 Å². The molecule has 1 saturated heterocycles. The number of benzene rings is 1. The predicted molar refractivity (Wildman–Crippen MR) is 97.2 cm³/mol. The molecular weight excluding hydrogens is 319 g/mol. The molecule has 2 heterocycles. The maximum atomic E-state index is 13.9. The maximum absolute atomic E-state index is 13.9. The molecule has 1 atom stereocenters. The molecule has 0 bridgehead atoms. The van der Waals surface area contributed by atoms with E-state index in [0.29, 0.717) is 12.4 Å². The normalized spacial score (nSPS) is 17.0. The van der Waals surface area contributed by atoms with E-state index in [-0.39, 0.29) is 11.9 Å². The second-order valence-corrected chi connectivity index (χ2v) is 6.59. The van der Waals surface area contributed by atoms with Crippen LogP contribution in [0.1, 0.15) is 37.1 Å². The lowest BCUT2D eigenvalue weighted by Crippen LogP contribution is -2.46. The molecule has 0 spiro atoms. The second kappa shape index (κ2) is 7.97. The number of anilines is 1. The number of nitrogens with one attached hydrogen (secondary N) is 1. The van der Waals surface area contributed by atoms with Crippen molar-refractivity contribution in [3.8, 4) is 0 Å². The first-order chi connectivity index (χ1) is 12.1. The van der Waals surface area contributed by atoms with E-state index in [2.05, 4.69) is 33.9 Å². The Balaban J connectivity index is 1.72. The van der Waals surface area contributed by atoms with Gasteiger partial charge in [0.1, 0.15) is 11.6 Å². The number of halogens is 1. The van der Waals surface area contributed by atoms with Gasteiger partial charge in [0, 0.05) is 37.9 Å². The molecule has 0 unspecified atom stereocenters. The molecule has 5 nitrogen and oxygen atoms in total. The summed E-state index contributed by atoms with van der Waals surface area (Å²) in [7, 11) is 0. The van der Waals surface area contributed by atoms with Crippen molar-refractivity contribution in [3.63, 3.8) is 0 Å². The van der Waals surface area contributed by atoms with Crippen molar-refractivity contribution in [1.82, 2.24) is 15.2 Å². The molecule has 2 aromatic rings. The highest BCUT2D eigenvalue weighted by molar-refractivity contribution is 5.55. The molecule has 25 heavy (non-hydrogen) atoms. The van der Waals surface area contributed by atoms with E-state index in [0.717, 1.165) is 49.7 Å². The molecule has 6 heteroatoms. The number of aromatic nitrogens is 1. The zero-order valence-electron chi connectivity index (χ0n) is 15.3. The molecular formula is C19H27FN4O. The molecule has 0 saturated carbocycles. The molecule has 1 aliphatic heterocycles. The van der Waals surface area contributed by atoms with Gasteiger partial charge in [0.2, 0.25) is 5.89 Å². The monoisotopic (exact) mass is 346 g/mol. The fourth-order valence-corrected chi connectivity index (χ4v) is 3.30. The van der Waals surface area contributed by atoms with Gasteiger partial charge in [-0.25, -0.2) is 9.37 Å². The molecule has 1 fully saturated rings. The topological polar surface area (TPSA) is 44.5 Å². The van der Waals surface area contributed by atoms with Crippen molar-refractivity contribution in [2.45, 2.75) is 33.4 Å². The molecule has 1 N–H and O–H groups in total. The number of nitrogens with zero attached hydrogens (tertiary/aromatic N) is 3. The maximum Gasteiger partial charge on any atom is 0.208 e. The molecule has 0 aliphatic carbocycles. The fraction of sp³-hybridized carbons (Fsp3) is 0.526. The van der Waals surface area contributed by atoms with Gasteiger partial charge in [-0.05, 0) is 44.2 Å². The van der Waals surface area contributed by atoms with Crippen molar-refractivity contribution in [1.29, 1.82) is 0 Å². The highest BCUT2D eigenvalue weighted by Gasteiger charge is 2.21. The van der Waals surface area contributed by atoms with Gasteiger partial charge in [0.25, 0.3) is 0 Å². The van der Waals surface area contributed by atoms with Crippen LogP contribution in [0.15, 0.2) is 28.8 Å². The summed E-state index contributed by atoms with van der Waals surface area (Å²) in [5, 5.41) is 3.40. The summed E-state index contributed by atoms with van der Waals surface area (Å²) in [5.74, 6) is 1.25. The Labute approximate surface area is 148 Å². The lowest BCUT2D eigenvalue weighted by molar-refractivity contribution is 0.271. The van der Waals surface area contributed by atoms with E-state index in [4.69, 9.17) is 4.42 Å². The molecule has 0 radical (unpaired) electrons. The van der Waals surface area contributed by atoms with Crippen LogP contribution in [0.2, 0.25) is 0 Å². The Bertz CT molecular complexity index is 694. The van der Waals surface area contributed by atoms with Crippen molar-refractivity contribution in [3.05, 3.63) is 47.4 Å². The smallest absolute Gasteiger partial charge is 0.208 e. The van der Waals surface area contributed by atoms with Crippen LogP contribution in [0.4, 0.5) is 10.1 Å². The Morgan fingerprint density at radius 3 is 2.68 bits per heavy atom. The van der Waals surface area contributed by atoms with Crippen LogP contribution >= 0.6 is 0 Å². The van der Waals surface area contributed by atoms with Gasteiger partial charge in [-0.15, -0.1) is 0 Å². The van der Waals surface area contributed by atoms with E-state index in [1.165, 1.54) is 0 Å². The third-order valence-electron chi connectivity index (χ3n) is 4.84. The summed E-state index contributed by atoms with van der Waals surface area (Å²) >= 11 is 0. The number of hydrogen-bond acceptors (Lipinski definition) is 5. The number of rotatable bonds is 6. The van der Waals surface area contributed by atoms with Crippen molar-refractivity contribution < 1.29 is 8.81 Å². The summed E-state index contributed by atoms with van der Waals surface area (Å²) in [4.78, 5) is 9.00. The van der Waals surface area contributed by atoms with Gasteiger partial charge in [0.15, 0.2) is 0 Å². The van der Waals surface area contributed by atoms with Gasteiger partial charge in [-0.2, -0.15) is 0 Å². The quantitative estimate of drug-likeness (QED) is 0.871. The number of aryl methyl sites for hydroxylation is 1. The van der Waals surface area contributed by atoms with Crippen LogP contribution in [0.25, 0.3) is 0 Å². The Morgan fingerprint density at radius 2 is 2.04 bits per heavy atom. The van der Waals surface area contributed by atoms with Crippen LogP contribution in [0.3, 0.4) is 0 Å². The van der Waals surface area contributed by atoms with Gasteiger partial charge < -0.3 is 19.5 Å². The minimum Gasteiger partial charge on any atom is -0.445 e. The molecule has 136 valence electrons. The second-order valence-electron chi connectivity index (χ2n) is 6.59. The van der Waals surface area contributed by atoms with Crippen molar-refractivity contribution >= 4 is 5.69 Å². The average Bonchev–Trinajstić information content (AvgIpc) is 3.05. The first-order valence-electron chi connectivity index (χ1n) is 8.98. The lowest BCUT2D eigenvalue weighted by Gasteiger charge is -2.37. The summed E-state index contributed by atoms with van der Waals surface area (Å²) in [6, 6.07) is 5.09. The standard InChI is InChI=1S/C19H27FN4O/c1-4-23-7-9-24(10-8-23)18-6-5-16(20)11-17(18)15(3)21-13-19-22-12-14(2)25-19/h5-6,11-12,15,21H,4,7-10,13H2,1-3H3/t15-/m0/s1. The summed E-state index contributed by atoms with van der Waals surface area (Å²) in [6.07, 6.45) is 1.71. The minimum absolute atomic E-state index is 0.00195. The zero-order chi connectivity index (χ0) is 17.8. The SMILES string of the molecule is CCN1CCN(c2ccc(F)cc2[C@H](C)NCc2ncc(C)o2)CC1. The Hall–Kier alpha value is -1.92. The van der Waals surface area contributed by atoms with E-state index < -0.39 is 0 Å². The first kappa shape index (κ1) is 17.9. The zero-order valence-corrected chi connectivity index (χ0v) is 15.3. The van der Waals surface area contributed by atoms with Gasteiger partial charge in [-0.3, -0.25) is 0 Å². The minimum atomic E-state index is -0.202. The van der Waals surface area contributed by atoms with Crippen LogP contribution in [-0.4, -0.2) is 42.6 Å². The van der Waals surface area contributed by atoms with E-state index in [1.807, 2.05) is 13.0 Å². The van der Waals surface area contributed by atoms with Gasteiger partial charge in [-0.1, -0.05) is 6.92 Å². The number of likely N-dealkylation sites (N-methyl/N-ethyl adjacent to an activating group) is 1. The summed E-state index contributed by atoms with van der Waals surface area (Å²) < 4.78 is 19.4. The van der Waals surface area contributed by atoms with Crippen molar-refractivity contribution in [2.24, 2.45) is 0 Å². The first-order valence-corrected chi connectivity index (χ1v) is 8.98. The summed E-state index contributed by atoms with van der Waals surface area (Å²) in [6.45, 7) is 11.8. The van der Waals surface area contributed by atoms with E-state index in [1.54, 1.807) is 18.3 Å². The molecule has 3 rings (SSSR count). The highest BCUT2D eigenvalue weighted by Crippen LogP contribution is 2.28. The third kappa shape index (κ3) is 4.38. The number of oxazole rings is 1. The molecule has 0 amide bonds. The van der Waals surface area contributed by atoms with Gasteiger partial charge >= 0.3 is 0 Å². The fourth-order valence-electron chi connectivity index (χ4n) is 3.30. The Kier molecular flexibility index (Phi) is 5.71. The molecule has 1 aliphatic rings.